The van der Waals surface area contributed by atoms with Crippen LogP contribution >= 0.6 is 0 Å². The maximum Gasteiger partial charge on any atom is 0.407 e. The third-order valence-electron chi connectivity index (χ3n) is 2.19. The summed E-state index contributed by atoms with van der Waals surface area (Å²) in [5.41, 5.74) is 9.34. The first-order valence-corrected chi connectivity index (χ1v) is 5.83. The lowest BCUT2D eigenvalue weighted by atomic mass is 10.2. The molecule has 1 fully saturated rings. The van der Waals surface area contributed by atoms with Gasteiger partial charge in [-0.1, -0.05) is 0 Å². The van der Waals surface area contributed by atoms with Gasteiger partial charge in [0.1, 0.15) is 5.60 Å². The number of carbonyl (C=O) groups is 2. The van der Waals surface area contributed by atoms with E-state index in [1.165, 1.54) is 0 Å². The van der Waals surface area contributed by atoms with Gasteiger partial charge in [-0.2, -0.15) is 0 Å². The molecule has 7 nitrogen and oxygen atoms in total. The number of alkyl carbamates (subject to hydrolysis) is 1. The predicted octanol–water partition coefficient (Wildman–Crippen LogP) is 1.01. The van der Waals surface area contributed by atoms with Gasteiger partial charge >= 0.3 is 12.2 Å². The van der Waals surface area contributed by atoms with Crippen LogP contribution in [-0.4, -0.2) is 35.0 Å². The van der Waals surface area contributed by atoms with Gasteiger partial charge in [0.2, 0.25) is 0 Å². The number of hydrogen-bond donors (Lipinski definition) is 4. The summed E-state index contributed by atoms with van der Waals surface area (Å²) in [6.07, 6.45) is 1.14. The van der Waals surface area contributed by atoms with E-state index in [2.05, 4.69) is 11.1 Å². The summed E-state index contributed by atoms with van der Waals surface area (Å²) < 4.78 is 5.14. The molecule has 0 radical (unpaired) electrons. The van der Waals surface area contributed by atoms with Gasteiger partial charge in [0, 0.05) is 12.1 Å². The van der Waals surface area contributed by atoms with E-state index < -0.39 is 11.7 Å². The highest BCUT2D eigenvalue weighted by atomic mass is 16.6. The molecule has 1 aliphatic carbocycles. The number of nitrogens with two attached hydrogens (primary N) is 2. The molecule has 2 atom stereocenters. The minimum Gasteiger partial charge on any atom is -0.465 e. The molecule has 0 bridgehead atoms. The Kier molecular flexibility index (Phi) is 6.46. The van der Waals surface area contributed by atoms with Crippen LogP contribution in [0.1, 0.15) is 40.0 Å². The second-order valence-corrected chi connectivity index (χ2v) is 5.25. The molecule has 0 aromatic carbocycles. The Balaban J connectivity index is 0.000000631. The van der Waals surface area contributed by atoms with Crippen LogP contribution in [0, 0.1) is 0 Å². The number of amides is 2. The minimum atomic E-state index is -1.33. The standard InChI is InChI=1S/C10H20N2O2.CH3NO2/c1-10(2,3)14-9(13)12-8-5-4-7(11)6-8;2-1(3)4/h7-8H,4-6,11H2,1-3H3,(H,12,13);2H2,(H,3,4). The summed E-state index contributed by atoms with van der Waals surface area (Å²) in [7, 11) is 0. The van der Waals surface area contributed by atoms with Crippen LogP contribution in [-0.2, 0) is 4.74 Å². The number of hydrogen-bond acceptors (Lipinski definition) is 4. The van der Waals surface area contributed by atoms with Gasteiger partial charge < -0.3 is 26.6 Å². The first-order chi connectivity index (χ1) is 8.10. The van der Waals surface area contributed by atoms with E-state index in [9.17, 15) is 4.79 Å². The molecule has 2 unspecified atom stereocenters. The number of primary amides is 1. The van der Waals surface area contributed by atoms with Gasteiger partial charge in [-0.15, -0.1) is 0 Å². The maximum atomic E-state index is 11.3. The van der Waals surface area contributed by atoms with Gasteiger partial charge in [0.15, 0.2) is 0 Å². The predicted molar refractivity (Wildman–Crippen MR) is 67.2 cm³/mol. The van der Waals surface area contributed by atoms with E-state index in [1.807, 2.05) is 20.8 Å². The van der Waals surface area contributed by atoms with E-state index >= 15 is 0 Å². The Hall–Kier alpha value is -1.50. The van der Waals surface area contributed by atoms with Crippen molar-refractivity contribution in [3.8, 4) is 0 Å². The van der Waals surface area contributed by atoms with E-state index in [-0.39, 0.29) is 18.2 Å². The third kappa shape index (κ3) is 9.71. The second kappa shape index (κ2) is 7.05. The van der Waals surface area contributed by atoms with E-state index in [1.54, 1.807) is 0 Å². The highest BCUT2D eigenvalue weighted by Gasteiger charge is 2.25. The average molecular weight is 261 g/mol. The molecular formula is C11H23N3O4. The Morgan fingerprint density at radius 2 is 1.83 bits per heavy atom. The van der Waals surface area contributed by atoms with Crippen molar-refractivity contribution in [2.75, 3.05) is 0 Å². The molecule has 1 rings (SSSR count). The SMILES string of the molecule is CC(C)(C)OC(=O)NC1CCC(N)C1.NC(=O)O. The quantitative estimate of drug-likeness (QED) is 0.560. The number of carboxylic acid groups (broad SMARTS) is 1. The first-order valence-electron chi connectivity index (χ1n) is 5.83. The summed E-state index contributed by atoms with van der Waals surface area (Å²) in [5, 5.41) is 10.0. The van der Waals surface area contributed by atoms with Crippen LogP contribution in [0.3, 0.4) is 0 Å². The maximum absolute atomic E-state index is 11.3. The Labute approximate surface area is 107 Å². The molecule has 7 heteroatoms. The van der Waals surface area contributed by atoms with Crippen molar-refractivity contribution >= 4 is 12.2 Å². The molecule has 18 heavy (non-hydrogen) atoms. The molecule has 0 aliphatic heterocycles. The van der Waals surface area contributed by atoms with Crippen molar-refractivity contribution < 1.29 is 19.4 Å². The fraction of sp³-hybridized carbons (Fsp3) is 0.818. The number of rotatable bonds is 1. The van der Waals surface area contributed by atoms with Crippen molar-refractivity contribution in [1.29, 1.82) is 0 Å². The number of carbonyl (C=O) groups excluding carboxylic acids is 1. The Morgan fingerprint density at radius 3 is 2.17 bits per heavy atom. The largest absolute Gasteiger partial charge is 0.465 e. The lowest BCUT2D eigenvalue weighted by Crippen LogP contribution is -2.38. The normalized spacial score (nSPS) is 22.7. The molecule has 0 spiro atoms. The van der Waals surface area contributed by atoms with Crippen molar-refractivity contribution in [3.05, 3.63) is 0 Å². The molecule has 0 heterocycles. The summed E-state index contributed by atoms with van der Waals surface area (Å²) in [6.45, 7) is 5.56. The topological polar surface area (TPSA) is 128 Å². The summed E-state index contributed by atoms with van der Waals surface area (Å²) in [6, 6.07) is 0.426. The van der Waals surface area contributed by atoms with Gasteiger partial charge in [-0.05, 0) is 40.0 Å². The molecule has 0 aromatic rings. The lowest BCUT2D eigenvalue weighted by molar-refractivity contribution is 0.0505. The van der Waals surface area contributed by atoms with Gasteiger partial charge in [0.05, 0.1) is 0 Å². The molecule has 1 saturated carbocycles. The minimum absolute atomic E-state index is 0.194. The molecule has 0 aromatic heterocycles. The van der Waals surface area contributed by atoms with E-state index in [0.717, 1.165) is 19.3 Å². The van der Waals surface area contributed by atoms with Crippen molar-refractivity contribution in [1.82, 2.24) is 5.32 Å². The Bertz CT molecular complexity index is 285. The van der Waals surface area contributed by atoms with Crippen LogP contribution in [0.4, 0.5) is 9.59 Å². The second-order valence-electron chi connectivity index (χ2n) is 5.25. The fourth-order valence-corrected chi connectivity index (χ4v) is 1.62. The van der Waals surface area contributed by atoms with Crippen molar-refractivity contribution in [2.45, 2.75) is 57.7 Å². The van der Waals surface area contributed by atoms with E-state index in [4.69, 9.17) is 20.4 Å². The molecular weight excluding hydrogens is 238 g/mol. The molecule has 1 aliphatic rings. The summed E-state index contributed by atoms with van der Waals surface area (Å²) >= 11 is 0. The zero-order valence-electron chi connectivity index (χ0n) is 11.1. The molecule has 6 N–H and O–H groups in total. The van der Waals surface area contributed by atoms with Gasteiger partial charge in [-0.25, -0.2) is 9.59 Å². The average Bonchev–Trinajstić information content (AvgIpc) is 2.45. The fourth-order valence-electron chi connectivity index (χ4n) is 1.62. The third-order valence-corrected chi connectivity index (χ3v) is 2.19. The number of ether oxygens (including phenoxy) is 1. The summed E-state index contributed by atoms with van der Waals surface area (Å²) in [5.74, 6) is 0. The highest BCUT2D eigenvalue weighted by molar-refractivity contribution is 5.68. The van der Waals surface area contributed by atoms with Crippen LogP contribution in [0.2, 0.25) is 0 Å². The smallest absolute Gasteiger partial charge is 0.407 e. The first kappa shape index (κ1) is 16.5. The molecule has 2 amide bonds. The molecule has 106 valence electrons. The Morgan fingerprint density at radius 1 is 1.33 bits per heavy atom. The van der Waals surface area contributed by atoms with Gasteiger partial charge in [0.25, 0.3) is 0 Å². The number of nitrogens with one attached hydrogen (secondary N) is 1. The summed E-state index contributed by atoms with van der Waals surface area (Å²) in [4.78, 5) is 20.1. The highest BCUT2D eigenvalue weighted by Crippen LogP contribution is 2.17. The van der Waals surface area contributed by atoms with Crippen LogP contribution in [0.15, 0.2) is 0 Å². The van der Waals surface area contributed by atoms with Crippen molar-refractivity contribution in [2.24, 2.45) is 11.5 Å². The zero-order valence-corrected chi connectivity index (χ0v) is 11.1. The van der Waals surface area contributed by atoms with Crippen molar-refractivity contribution in [3.63, 3.8) is 0 Å². The zero-order chi connectivity index (χ0) is 14.3. The molecule has 0 saturated heterocycles. The van der Waals surface area contributed by atoms with Crippen LogP contribution in [0.5, 0.6) is 0 Å². The lowest BCUT2D eigenvalue weighted by Gasteiger charge is -2.21. The van der Waals surface area contributed by atoms with Crippen LogP contribution < -0.4 is 16.8 Å². The van der Waals surface area contributed by atoms with Gasteiger partial charge in [-0.3, -0.25) is 0 Å². The van der Waals surface area contributed by atoms with E-state index in [0.29, 0.717) is 0 Å². The monoisotopic (exact) mass is 261 g/mol. The van der Waals surface area contributed by atoms with Crippen LogP contribution in [0.25, 0.3) is 0 Å².